The highest BCUT2D eigenvalue weighted by Gasteiger charge is 2.36. The Labute approximate surface area is 79.5 Å². The van der Waals surface area contributed by atoms with Crippen LogP contribution in [0.25, 0.3) is 0 Å². The number of nitrogens with two attached hydrogens (primary N) is 1. The zero-order chi connectivity index (χ0) is 11.6. The van der Waals surface area contributed by atoms with Crippen LogP contribution in [0.4, 0.5) is 13.2 Å². The molecule has 0 heterocycles. The normalized spacial score (nSPS) is 14.6. The van der Waals surface area contributed by atoms with E-state index in [-0.39, 0.29) is 0 Å². The van der Waals surface area contributed by atoms with Gasteiger partial charge in [-0.1, -0.05) is 19.2 Å². The first-order chi connectivity index (χ1) is 6.14. The second kappa shape index (κ2) is 3.97. The molecule has 0 bridgehead atoms. The Kier molecular flexibility index (Phi) is 3.66. The minimum Gasteiger partial charge on any atom is -0.225 e. The van der Waals surface area contributed by atoms with E-state index in [1.165, 1.54) is 0 Å². The summed E-state index contributed by atoms with van der Waals surface area (Å²) < 4.78 is 58.0. The van der Waals surface area contributed by atoms with Gasteiger partial charge in [0.15, 0.2) is 0 Å². The lowest BCUT2D eigenvalue weighted by molar-refractivity contribution is -0.0884. The van der Waals surface area contributed by atoms with Gasteiger partial charge < -0.3 is 0 Å². The zero-order valence-electron chi connectivity index (χ0n) is 7.00. The first-order valence-corrected chi connectivity index (χ1v) is 4.78. The molecule has 0 radical (unpaired) electrons. The number of allylic oxidation sites excluding steroid dienone is 3. The fourth-order valence-electron chi connectivity index (χ4n) is 0.735. The summed E-state index contributed by atoms with van der Waals surface area (Å²) in [5.41, 5.74) is -1.42. The molecule has 0 spiro atoms. The second-order valence-electron chi connectivity index (χ2n) is 2.23. The molecule has 7 heteroatoms. The van der Waals surface area contributed by atoms with Crippen molar-refractivity contribution in [2.24, 2.45) is 5.14 Å². The molecular formula is C7H8F3NO2S. The van der Waals surface area contributed by atoms with E-state index in [1.54, 1.807) is 0 Å². The van der Waals surface area contributed by atoms with Gasteiger partial charge in [0.25, 0.3) is 0 Å². The van der Waals surface area contributed by atoms with Crippen LogP contribution in [0.1, 0.15) is 0 Å². The third-order valence-corrected chi connectivity index (χ3v) is 2.27. The molecule has 0 aromatic heterocycles. The maximum Gasteiger partial charge on any atom is 0.417 e. The van der Waals surface area contributed by atoms with Crippen LogP contribution in [-0.4, -0.2) is 14.6 Å². The highest BCUT2D eigenvalue weighted by molar-refractivity contribution is 7.93. The average Bonchev–Trinajstić information content (AvgIpc) is 1.94. The van der Waals surface area contributed by atoms with Gasteiger partial charge in [0, 0.05) is 0 Å². The van der Waals surface area contributed by atoms with E-state index in [1.807, 2.05) is 0 Å². The predicted molar refractivity (Wildman–Crippen MR) is 46.6 cm³/mol. The quantitative estimate of drug-likeness (QED) is 0.742. The van der Waals surface area contributed by atoms with Crippen LogP contribution >= 0.6 is 0 Å². The number of primary sulfonamides is 1. The van der Waals surface area contributed by atoms with Gasteiger partial charge in [0.2, 0.25) is 10.0 Å². The molecule has 0 aliphatic carbocycles. The SMILES string of the molecule is C=CC(=C(C=C)S(N)(=O)=O)C(F)(F)F. The van der Waals surface area contributed by atoms with Crippen molar-refractivity contribution in [3.8, 4) is 0 Å². The third kappa shape index (κ3) is 3.00. The van der Waals surface area contributed by atoms with Crippen molar-refractivity contribution in [3.05, 3.63) is 35.8 Å². The van der Waals surface area contributed by atoms with Crippen molar-refractivity contribution in [2.45, 2.75) is 6.18 Å². The summed E-state index contributed by atoms with van der Waals surface area (Å²) in [4.78, 5) is -1.08. The Morgan fingerprint density at radius 1 is 1.21 bits per heavy atom. The van der Waals surface area contributed by atoms with Gasteiger partial charge in [-0.3, -0.25) is 0 Å². The van der Waals surface area contributed by atoms with E-state index in [0.717, 1.165) is 0 Å². The standard InChI is InChI=1S/C7H8F3NO2S/c1-3-5(7(8,9)10)6(4-2)14(11,12)13/h3-4H,1-2H2,(H2,11,12,13). The lowest BCUT2D eigenvalue weighted by Crippen LogP contribution is -2.20. The summed E-state index contributed by atoms with van der Waals surface area (Å²) >= 11 is 0. The molecule has 14 heavy (non-hydrogen) atoms. The monoisotopic (exact) mass is 227 g/mol. The first kappa shape index (κ1) is 12.9. The fourth-order valence-corrected chi connectivity index (χ4v) is 1.47. The largest absolute Gasteiger partial charge is 0.417 e. The van der Waals surface area contributed by atoms with Crippen LogP contribution in [0, 0.1) is 0 Å². The molecule has 0 atom stereocenters. The van der Waals surface area contributed by atoms with E-state index < -0.39 is 26.7 Å². The Balaban J connectivity index is 5.86. The molecule has 80 valence electrons. The van der Waals surface area contributed by atoms with Crippen molar-refractivity contribution < 1.29 is 21.6 Å². The summed E-state index contributed by atoms with van der Waals surface area (Å²) in [5, 5.41) is 4.56. The minimum atomic E-state index is -4.82. The molecular weight excluding hydrogens is 219 g/mol. The van der Waals surface area contributed by atoms with Crippen LogP contribution in [0.3, 0.4) is 0 Å². The minimum absolute atomic E-state index is 0.376. The predicted octanol–water partition coefficient (Wildman–Crippen LogP) is 1.46. The van der Waals surface area contributed by atoms with Crippen molar-refractivity contribution in [1.82, 2.24) is 0 Å². The van der Waals surface area contributed by atoms with Gasteiger partial charge in [-0.05, 0) is 6.08 Å². The summed E-state index contributed by atoms with van der Waals surface area (Å²) in [6.45, 7) is 5.81. The third-order valence-electron chi connectivity index (χ3n) is 1.27. The summed E-state index contributed by atoms with van der Waals surface area (Å²) in [6.07, 6.45) is -3.92. The second-order valence-corrected chi connectivity index (χ2v) is 3.76. The van der Waals surface area contributed by atoms with Gasteiger partial charge >= 0.3 is 6.18 Å². The molecule has 0 aromatic rings. The number of hydrogen-bond donors (Lipinski definition) is 1. The molecule has 0 aliphatic rings. The smallest absolute Gasteiger partial charge is 0.225 e. The summed E-state index contributed by atoms with van der Waals surface area (Å²) in [5.74, 6) is 0. The lowest BCUT2D eigenvalue weighted by atomic mass is 10.2. The van der Waals surface area contributed by atoms with Gasteiger partial charge in [-0.15, -0.1) is 0 Å². The Bertz CT molecular complexity index is 378. The average molecular weight is 227 g/mol. The van der Waals surface area contributed by atoms with Crippen molar-refractivity contribution in [2.75, 3.05) is 0 Å². The van der Waals surface area contributed by atoms with E-state index >= 15 is 0 Å². The van der Waals surface area contributed by atoms with Gasteiger partial charge in [0.1, 0.15) is 0 Å². The number of halogens is 3. The molecule has 0 unspecified atom stereocenters. The molecule has 0 fully saturated rings. The maximum absolute atomic E-state index is 12.2. The zero-order valence-corrected chi connectivity index (χ0v) is 7.82. The molecule has 0 aromatic carbocycles. The molecule has 3 nitrogen and oxygen atoms in total. The molecule has 0 amide bonds. The number of rotatable bonds is 3. The van der Waals surface area contributed by atoms with Crippen LogP contribution in [-0.2, 0) is 10.0 Å². The van der Waals surface area contributed by atoms with Crippen LogP contribution in [0.15, 0.2) is 35.8 Å². The topological polar surface area (TPSA) is 60.2 Å². The van der Waals surface area contributed by atoms with Gasteiger partial charge in [0.05, 0.1) is 10.5 Å². The molecule has 0 saturated heterocycles. The molecule has 2 N–H and O–H groups in total. The summed E-state index contributed by atoms with van der Waals surface area (Å²) in [7, 11) is -4.44. The Hall–Kier alpha value is -1.08. The highest BCUT2D eigenvalue weighted by atomic mass is 32.2. The Morgan fingerprint density at radius 3 is 1.71 bits per heavy atom. The number of alkyl halides is 3. The summed E-state index contributed by atoms with van der Waals surface area (Å²) in [6, 6.07) is 0. The number of sulfonamides is 1. The van der Waals surface area contributed by atoms with Crippen LogP contribution in [0.2, 0.25) is 0 Å². The number of hydrogen-bond acceptors (Lipinski definition) is 2. The Morgan fingerprint density at radius 2 is 1.64 bits per heavy atom. The van der Waals surface area contributed by atoms with Gasteiger partial charge in [-0.2, -0.15) is 13.2 Å². The van der Waals surface area contributed by atoms with Crippen molar-refractivity contribution >= 4 is 10.0 Å². The highest BCUT2D eigenvalue weighted by Crippen LogP contribution is 2.30. The first-order valence-electron chi connectivity index (χ1n) is 3.23. The van der Waals surface area contributed by atoms with Gasteiger partial charge in [-0.25, -0.2) is 13.6 Å². The molecule has 0 saturated carbocycles. The fraction of sp³-hybridized carbons (Fsp3) is 0.143. The van der Waals surface area contributed by atoms with Crippen molar-refractivity contribution in [1.29, 1.82) is 0 Å². The van der Waals surface area contributed by atoms with Crippen molar-refractivity contribution in [3.63, 3.8) is 0 Å². The lowest BCUT2D eigenvalue weighted by Gasteiger charge is -2.10. The van der Waals surface area contributed by atoms with E-state index in [2.05, 4.69) is 18.3 Å². The van der Waals surface area contributed by atoms with Crippen LogP contribution in [0.5, 0.6) is 0 Å². The molecule has 0 aliphatic heterocycles. The van der Waals surface area contributed by atoms with E-state index in [0.29, 0.717) is 12.2 Å². The maximum atomic E-state index is 12.2. The van der Waals surface area contributed by atoms with E-state index in [4.69, 9.17) is 0 Å². The van der Waals surface area contributed by atoms with Crippen LogP contribution < -0.4 is 5.14 Å². The molecule has 0 rings (SSSR count). The van der Waals surface area contributed by atoms with E-state index in [9.17, 15) is 21.6 Å².